The Balaban J connectivity index is 2.33. The first-order valence-corrected chi connectivity index (χ1v) is 6.02. The molecular weight excluding hydrogens is 212 g/mol. The molecule has 4 nitrogen and oxygen atoms in total. The molecule has 1 rings (SSSR count). The van der Waals surface area contributed by atoms with Crippen LogP contribution < -0.4 is 0 Å². The van der Waals surface area contributed by atoms with Crippen molar-refractivity contribution < 1.29 is 9.90 Å². The van der Waals surface area contributed by atoms with Crippen molar-refractivity contribution in [3.05, 3.63) is 18.2 Å². The molecule has 0 aromatic carbocycles. The summed E-state index contributed by atoms with van der Waals surface area (Å²) in [5, 5.41) is 8.56. The maximum atomic E-state index is 10.7. The van der Waals surface area contributed by atoms with E-state index in [9.17, 15) is 4.79 Å². The first kappa shape index (κ1) is 12.1. The third-order valence-corrected chi connectivity index (χ3v) is 3.58. The summed E-state index contributed by atoms with van der Waals surface area (Å²) < 4.78 is 2.03. The summed E-state index contributed by atoms with van der Waals surface area (Å²) in [6.45, 7) is 4.66. The Labute approximate surface area is 93.7 Å². The Morgan fingerprint density at radius 1 is 1.73 bits per heavy atom. The molecule has 1 atom stereocenters. The molecule has 5 heteroatoms. The lowest BCUT2D eigenvalue weighted by Gasteiger charge is -2.10. The van der Waals surface area contributed by atoms with Crippen molar-refractivity contribution in [2.24, 2.45) is 0 Å². The largest absolute Gasteiger partial charge is 0.480 e. The van der Waals surface area contributed by atoms with Gasteiger partial charge in [0.15, 0.2) is 0 Å². The van der Waals surface area contributed by atoms with Gasteiger partial charge in [0.1, 0.15) is 11.1 Å². The van der Waals surface area contributed by atoms with Crippen LogP contribution >= 0.6 is 11.8 Å². The molecule has 1 aromatic heterocycles. The second kappa shape index (κ2) is 5.80. The summed E-state index contributed by atoms with van der Waals surface area (Å²) in [7, 11) is 0. The van der Waals surface area contributed by atoms with Crippen molar-refractivity contribution >= 4 is 17.7 Å². The van der Waals surface area contributed by atoms with Crippen LogP contribution in [-0.4, -0.2) is 31.6 Å². The van der Waals surface area contributed by atoms with E-state index in [-0.39, 0.29) is 5.25 Å². The number of aryl methyl sites for hydroxylation is 2. The van der Waals surface area contributed by atoms with Gasteiger partial charge >= 0.3 is 5.97 Å². The Morgan fingerprint density at radius 2 is 2.47 bits per heavy atom. The normalized spacial score (nSPS) is 12.7. The van der Waals surface area contributed by atoms with Crippen LogP contribution in [0.5, 0.6) is 0 Å². The Morgan fingerprint density at radius 3 is 2.93 bits per heavy atom. The number of rotatable bonds is 6. The number of hydrogen-bond donors (Lipinski definition) is 1. The van der Waals surface area contributed by atoms with Crippen LogP contribution in [0.15, 0.2) is 12.4 Å². The van der Waals surface area contributed by atoms with Gasteiger partial charge in [-0.3, -0.25) is 4.79 Å². The predicted octanol–water partition coefficient (Wildman–Crippen LogP) is 1.79. The van der Waals surface area contributed by atoms with Gasteiger partial charge in [0.25, 0.3) is 0 Å². The number of thioether (sulfide) groups is 1. The number of imidazole rings is 1. The quantitative estimate of drug-likeness (QED) is 0.806. The van der Waals surface area contributed by atoms with E-state index in [1.807, 2.05) is 24.6 Å². The summed E-state index contributed by atoms with van der Waals surface area (Å²) in [5.74, 6) is 1.06. The van der Waals surface area contributed by atoms with Crippen molar-refractivity contribution in [1.29, 1.82) is 0 Å². The molecule has 0 spiro atoms. The minimum atomic E-state index is -0.718. The van der Waals surface area contributed by atoms with Crippen molar-refractivity contribution in [1.82, 2.24) is 9.55 Å². The van der Waals surface area contributed by atoms with Crippen LogP contribution in [0.4, 0.5) is 0 Å². The summed E-state index contributed by atoms with van der Waals surface area (Å²) in [6, 6.07) is 0. The third-order valence-electron chi connectivity index (χ3n) is 2.22. The average Bonchev–Trinajstić information content (AvgIpc) is 2.58. The highest BCUT2D eigenvalue weighted by Gasteiger charge is 2.14. The fourth-order valence-corrected chi connectivity index (χ4v) is 2.26. The third kappa shape index (κ3) is 3.58. The zero-order valence-electron chi connectivity index (χ0n) is 9.01. The highest BCUT2D eigenvalue weighted by Crippen LogP contribution is 2.15. The van der Waals surface area contributed by atoms with E-state index in [4.69, 9.17) is 5.11 Å². The van der Waals surface area contributed by atoms with Crippen LogP contribution in [0.25, 0.3) is 0 Å². The molecule has 0 aliphatic heterocycles. The van der Waals surface area contributed by atoms with Crippen molar-refractivity contribution in [3.63, 3.8) is 0 Å². The lowest BCUT2D eigenvalue weighted by atomic mass is 10.3. The minimum absolute atomic E-state index is 0.283. The van der Waals surface area contributed by atoms with E-state index in [2.05, 4.69) is 4.98 Å². The molecule has 0 aliphatic rings. The Bertz CT molecular complexity index is 325. The van der Waals surface area contributed by atoms with Crippen molar-refractivity contribution in [2.75, 3.05) is 5.75 Å². The number of carboxylic acid groups (broad SMARTS) is 1. The second-order valence-electron chi connectivity index (χ2n) is 3.27. The topological polar surface area (TPSA) is 55.1 Å². The van der Waals surface area contributed by atoms with E-state index in [1.165, 1.54) is 11.8 Å². The fourth-order valence-electron chi connectivity index (χ4n) is 1.30. The van der Waals surface area contributed by atoms with Crippen molar-refractivity contribution in [2.45, 2.75) is 32.1 Å². The van der Waals surface area contributed by atoms with Gasteiger partial charge in [-0.05, 0) is 13.3 Å². The maximum absolute atomic E-state index is 10.7. The van der Waals surface area contributed by atoms with Gasteiger partial charge < -0.3 is 9.67 Å². The molecule has 15 heavy (non-hydrogen) atoms. The number of carbonyl (C=O) groups is 1. The Kier molecular flexibility index (Phi) is 4.68. The molecule has 1 N–H and O–H groups in total. The van der Waals surface area contributed by atoms with Gasteiger partial charge in [0.2, 0.25) is 0 Å². The molecule has 84 valence electrons. The van der Waals surface area contributed by atoms with Gasteiger partial charge in [-0.2, -0.15) is 0 Å². The van der Waals surface area contributed by atoms with Gasteiger partial charge in [-0.25, -0.2) is 4.98 Å². The van der Waals surface area contributed by atoms with Gasteiger partial charge in [-0.15, -0.1) is 11.8 Å². The molecule has 1 unspecified atom stereocenters. The van der Waals surface area contributed by atoms with Crippen LogP contribution in [0.1, 0.15) is 19.2 Å². The van der Waals surface area contributed by atoms with E-state index in [0.29, 0.717) is 6.42 Å². The lowest BCUT2D eigenvalue weighted by molar-refractivity contribution is -0.136. The van der Waals surface area contributed by atoms with E-state index in [1.54, 1.807) is 6.20 Å². The van der Waals surface area contributed by atoms with Crippen LogP contribution in [0.3, 0.4) is 0 Å². The van der Waals surface area contributed by atoms with Crippen LogP contribution in [0, 0.1) is 6.92 Å². The number of hydrogen-bond acceptors (Lipinski definition) is 3. The first-order chi connectivity index (χ1) is 7.15. The van der Waals surface area contributed by atoms with E-state index in [0.717, 1.165) is 18.1 Å². The summed E-state index contributed by atoms with van der Waals surface area (Å²) >= 11 is 1.49. The molecule has 0 aliphatic carbocycles. The molecule has 0 bridgehead atoms. The molecule has 1 heterocycles. The number of aromatic nitrogens is 2. The molecular formula is C10H16N2O2S. The molecule has 0 radical (unpaired) electrons. The predicted molar refractivity (Wildman–Crippen MR) is 61.1 cm³/mol. The number of nitrogens with zero attached hydrogens (tertiary/aromatic N) is 2. The smallest absolute Gasteiger partial charge is 0.316 e. The van der Waals surface area contributed by atoms with Gasteiger partial charge in [-0.1, -0.05) is 6.92 Å². The molecule has 0 saturated heterocycles. The highest BCUT2D eigenvalue weighted by atomic mass is 32.2. The highest BCUT2D eigenvalue weighted by molar-refractivity contribution is 8.00. The molecule has 1 aromatic rings. The Hall–Kier alpha value is -0.970. The van der Waals surface area contributed by atoms with Crippen LogP contribution in [0.2, 0.25) is 0 Å². The summed E-state index contributed by atoms with van der Waals surface area (Å²) in [6.07, 6.45) is 4.34. The van der Waals surface area contributed by atoms with Crippen molar-refractivity contribution in [3.8, 4) is 0 Å². The second-order valence-corrected chi connectivity index (χ2v) is 4.58. The minimum Gasteiger partial charge on any atom is -0.480 e. The van der Waals surface area contributed by atoms with Gasteiger partial charge in [0.05, 0.1) is 0 Å². The zero-order chi connectivity index (χ0) is 11.3. The lowest BCUT2D eigenvalue weighted by Crippen LogP contribution is -2.16. The monoisotopic (exact) mass is 228 g/mol. The van der Waals surface area contributed by atoms with E-state index >= 15 is 0 Å². The average molecular weight is 228 g/mol. The molecule has 0 fully saturated rings. The number of carboxylic acids is 1. The zero-order valence-corrected chi connectivity index (χ0v) is 9.83. The first-order valence-electron chi connectivity index (χ1n) is 4.97. The SMILES string of the molecule is CCC(SCCn1ccnc1C)C(=O)O. The molecule has 0 saturated carbocycles. The standard InChI is InChI=1S/C10H16N2O2S/c1-3-9(10(13)14)15-7-6-12-5-4-11-8(12)2/h4-5,9H,3,6-7H2,1-2H3,(H,13,14). The van der Waals surface area contributed by atoms with Gasteiger partial charge in [0, 0.05) is 24.7 Å². The summed E-state index contributed by atoms with van der Waals surface area (Å²) in [4.78, 5) is 14.9. The molecule has 0 amide bonds. The fraction of sp³-hybridized carbons (Fsp3) is 0.600. The summed E-state index contributed by atoms with van der Waals surface area (Å²) in [5.41, 5.74) is 0. The van der Waals surface area contributed by atoms with Crippen LogP contribution in [-0.2, 0) is 11.3 Å². The number of aliphatic carboxylic acids is 1. The van der Waals surface area contributed by atoms with E-state index < -0.39 is 5.97 Å². The maximum Gasteiger partial charge on any atom is 0.316 e.